The van der Waals surface area contributed by atoms with Crippen LogP contribution in [0.4, 0.5) is 0 Å². The lowest BCUT2D eigenvalue weighted by atomic mass is 10.1. The lowest BCUT2D eigenvalue weighted by Gasteiger charge is -2.13. The van der Waals surface area contributed by atoms with Crippen LogP contribution in [0.25, 0.3) is 16.6 Å². The van der Waals surface area contributed by atoms with E-state index in [1.54, 1.807) is 31.3 Å². The Hall–Kier alpha value is -3.55. The van der Waals surface area contributed by atoms with Crippen LogP contribution in [0.1, 0.15) is 16.7 Å². The van der Waals surface area contributed by atoms with Crippen molar-refractivity contribution in [3.05, 3.63) is 109 Å². The zero-order valence-electron chi connectivity index (χ0n) is 15.9. The van der Waals surface area contributed by atoms with Gasteiger partial charge in [-0.15, -0.1) is 0 Å². The zero-order valence-corrected chi connectivity index (χ0v) is 16.7. The van der Waals surface area contributed by atoms with Crippen molar-refractivity contribution >= 4 is 22.5 Å². The minimum Gasteiger partial charge on any atom is -0.296 e. The molecule has 5 heteroatoms. The van der Waals surface area contributed by atoms with E-state index in [0.29, 0.717) is 22.2 Å². The average Bonchev–Trinajstić information content (AvgIpc) is 2.72. The zero-order chi connectivity index (χ0) is 20.5. The number of aryl methyl sites for hydroxylation is 2. The molecule has 142 valence electrons. The third-order valence-corrected chi connectivity index (χ3v) is 5.12. The van der Waals surface area contributed by atoms with E-state index < -0.39 is 5.69 Å². The van der Waals surface area contributed by atoms with Crippen LogP contribution in [-0.2, 0) is 7.05 Å². The predicted octanol–water partition coefficient (Wildman–Crippen LogP) is 4.05. The number of hydrogen-bond acceptors (Lipinski definition) is 2. The molecule has 3 aromatic carbocycles. The van der Waals surface area contributed by atoms with Crippen LogP contribution in [0.5, 0.6) is 0 Å². The number of benzene rings is 3. The smallest absolute Gasteiger partial charge is 0.296 e. The molecule has 4 aromatic rings. The summed E-state index contributed by atoms with van der Waals surface area (Å²) in [5, 5.41) is 0.788. The molecule has 0 bridgehead atoms. The monoisotopic (exact) mass is 400 g/mol. The molecule has 0 atom stereocenters. The minimum atomic E-state index is -0.446. The van der Waals surface area contributed by atoms with Gasteiger partial charge in [0.05, 0.1) is 21.6 Å². The van der Waals surface area contributed by atoms with Crippen LogP contribution >= 0.6 is 11.6 Å². The van der Waals surface area contributed by atoms with Crippen LogP contribution in [0.3, 0.4) is 0 Å². The Morgan fingerprint density at radius 1 is 0.862 bits per heavy atom. The molecule has 0 saturated carbocycles. The highest BCUT2D eigenvalue weighted by Crippen LogP contribution is 2.21. The van der Waals surface area contributed by atoms with Crippen molar-refractivity contribution in [2.75, 3.05) is 0 Å². The van der Waals surface area contributed by atoms with Crippen LogP contribution in [0.2, 0.25) is 5.02 Å². The predicted molar refractivity (Wildman–Crippen MR) is 117 cm³/mol. The lowest BCUT2D eigenvalue weighted by Crippen LogP contribution is -2.38. The summed E-state index contributed by atoms with van der Waals surface area (Å²) in [4.78, 5) is 26.0. The number of rotatable bonds is 1. The molecule has 0 aliphatic heterocycles. The Labute approximate surface area is 172 Å². The topological polar surface area (TPSA) is 44.0 Å². The number of aromatic nitrogens is 2. The molecule has 0 aliphatic rings. The van der Waals surface area contributed by atoms with Crippen molar-refractivity contribution in [2.24, 2.45) is 7.05 Å². The van der Waals surface area contributed by atoms with Gasteiger partial charge in [0, 0.05) is 18.2 Å². The summed E-state index contributed by atoms with van der Waals surface area (Å²) in [6.07, 6.45) is 0. The molecule has 0 spiro atoms. The van der Waals surface area contributed by atoms with E-state index in [9.17, 15) is 9.59 Å². The highest BCUT2D eigenvalue weighted by molar-refractivity contribution is 6.32. The van der Waals surface area contributed by atoms with E-state index in [0.717, 1.165) is 15.7 Å². The van der Waals surface area contributed by atoms with Crippen molar-refractivity contribution in [2.45, 2.75) is 6.92 Å². The van der Waals surface area contributed by atoms with Gasteiger partial charge < -0.3 is 0 Å². The van der Waals surface area contributed by atoms with E-state index in [-0.39, 0.29) is 10.6 Å². The highest BCUT2D eigenvalue weighted by Gasteiger charge is 2.16. The molecule has 4 nitrogen and oxygen atoms in total. The maximum absolute atomic E-state index is 13.1. The molecular formula is C24H17ClN2O2. The van der Waals surface area contributed by atoms with Crippen molar-refractivity contribution in [3.8, 4) is 17.5 Å². The molecule has 0 aliphatic carbocycles. The molecule has 0 unspecified atom stereocenters. The first kappa shape index (κ1) is 18.8. The van der Waals surface area contributed by atoms with Gasteiger partial charge in [-0.25, -0.2) is 9.36 Å². The summed E-state index contributed by atoms with van der Waals surface area (Å²) in [7, 11) is 1.65. The molecular weight excluding hydrogens is 384 g/mol. The average molecular weight is 401 g/mol. The molecule has 0 radical (unpaired) electrons. The Kier molecular flexibility index (Phi) is 4.84. The fraction of sp³-hybridized carbons (Fsp3) is 0.0833. The van der Waals surface area contributed by atoms with Gasteiger partial charge in [-0.2, -0.15) is 0 Å². The van der Waals surface area contributed by atoms with Gasteiger partial charge in [0.2, 0.25) is 0 Å². The second-order valence-electron chi connectivity index (χ2n) is 6.73. The van der Waals surface area contributed by atoms with Gasteiger partial charge in [-0.05, 0) is 48.9 Å². The Balaban J connectivity index is 1.88. The lowest BCUT2D eigenvalue weighted by molar-refractivity contribution is 0.773. The molecule has 4 rings (SSSR count). The van der Waals surface area contributed by atoms with Gasteiger partial charge in [0.25, 0.3) is 5.56 Å². The van der Waals surface area contributed by atoms with Crippen molar-refractivity contribution in [1.29, 1.82) is 0 Å². The molecule has 0 saturated heterocycles. The second kappa shape index (κ2) is 7.46. The fourth-order valence-corrected chi connectivity index (χ4v) is 3.57. The maximum atomic E-state index is 13.1. The maximum Gasteiger partial charge on any atom is 0.335 e. The van der Waals surface area contributed by atoms with E-state index in [4.69, 9.17) is 11.6 Å². The first-order chi connectivity index (χ1) is 14.0. The van der Waals surface area contributed by atoms with E-state index >= 15 is 0 Å². The third kappa shape index (κ3) is 3.37. The highest BCUT2D eigenvalue weighted by atomic mass is 35.5. The number of fused-ring (bicyclic) bond motifs is 1. The first-order valence-corrected chi connectivity index (χ1v) is 9.43. The molecule has 0 N–H and O–H groups in total. The molecule has 29 heavy (non-hydrogen) atoms. The molecule has 1 heterocycles. The van der Waals surface area contributed by atoms with Crippen molar-refractivity contribution in [3.63, 3.8) is 0 Å². The van der Waals surface area contributed by atoms with Crippen LogP contribution < -0.4 is 11.2 Å². The summed E-state index contributed by atoms with van der Waals surface area (Å²) in [5.74, 6) is 6.12. The summed E-state index contributed by atoms with van der Waals surface area (Å²) in [6.45, 7) is 1.85. The fourth-order valence-electron chi connectivity index (χ4n) is 3.31. The summed E-state index contributed by atoms with van der Waals surface area (Å²) in [5.41, 5.74) is 2.50. The van der Waals surface area contributed by atoms with Gasteiger partial charge >= 0.3 is 5.69 Å². The van der Waals surface area contributed by atoms with Crippen LogP contribution in [0, 0.1) is 18.8 Å². The second-order valence-corrected chi connectivity index (χ2v) is 7.14. The largest absolute Gasteiger partial charge is 0.335 e. The Bertz CT molecular complexity index is 1420. The van der Waals surface area contributed by atoms with Gasteiger partial charge in [0.15, 0.2) is 0 Å². The SMILES string of the molecule is Cc1cccc2c1c(=O)n(-c1ccc(C#Cc3ccccc3)cc1Cl)c(=O)n2C. The summed E-state index contributed by atoms with van der Waals surface area (Å²) in [6, 6.07) is 20.1. The molecule has 0 fully saturated rings. The van der Waals surface area contributed by atoms with E-state index in [2.05, 4.69) is 11.8 Å². The van der Waals surface area contributed by atoms with Gasteiger partial charge in [-0.1, -0.05) is 53.8 Å². The first-order valence-electron chi connectivity index (χ1n) is 9.06. The van der Waals surface area contributed by atoms with Gasteiger partial charge in [0.1, 0.15) is 0 Å². The number of nitrogens with zero attached hydrogens (tertiary/aromatic N) is 2. The number of halogens is 1. The minimum absolute atomic E-state index is 0.289. The Morgan fingerprint density at radius 2 is 1.59 bits per heavy atom. The summed E-state index contributed by atoms with van der Waals surface area (Å²) < 4.78 is 2.58. The van der Waals surface area contributed by atoms with E-state index in [1.165, 1.54) is 4.57 Å². The molecule has 1 aromatic heterocycles. The number of hydrogen-bond donors (Lipinski definition) is 0. The van der Waals surface area contributed by atoms with E-state index in [1.807, 2.05) is 49.4 Å². The summed E-state index contributed by atoms with van der Waals surface area (Å²) >= 11 is 6.46. The molecule has 0 amide bonds. The van der Waals surface area contributed by atoms with Crippen molar-refractivity contribution < 1.29 is 0 Å². The standard InChI is InChI=1S/C24H17ClN2O2/c1-16-7-6-10-21-22(16)23(28)27(24(29)26(21)2)20-14-13-18(15-19(20)25)12-11-17-8-4-3-5-9-17/h3-10,13-15H,1-2H3. The Morgan fingerprint density at radius 3 is 2.31 bits per heavy atom. The van der Waals surface area contributed by atoms with Crippen LogP contribution in [-0.4, -0.2) is 9.13 Å². The quantitative estimate of drug-likeness (QED) is 0.452. The normalized spacial score (nSPS) is 10.6. The van der Waals surface area contributed by atoms with Gasteiger partial charge in [-0.3, -0.25) is 9.36 Å². The third-order valence-electron chi connectivity index (χ3n) is 4.82. The van der Waals surface area contributed by atoms with Crippen molar-refractivity contribution in [1.82, 2.24) is 9.13 Å². The van der Waals surface area contributed by atoms with Crippen LogP contribution in [0.15, 0.2) is 76.3 Å².